The summed E-state index contributed by atoms with van der Waals surface area (Å²) in [6, 6.07) is 3.70. The molecule has 0 N–H and O–H groups in total. The third-order valence-corrected chi connectivity index (χ3v) is 7.77. The second-order valence-electron chi connectivity index (χ2n) is 11.5. The molecule has 36 heavy (non-hydrogen) atoms. The molecule has 0 saturated heterocycles. The Morgan fingerprint density at radius 2 is 1.56 bits per heavy atom. The number of hydrogen-bond acceptors (Lipinski definition) is 7. The maximum Gasteiger partial charge on any atom is 0.175 e. The third-order valence-electron chi connectivity index (χ3n) is 7.18. The summed E-state index contributed by atoms with van der Waals surface area (Å²) < 4.78 is 12.0. The van der Waals surface area contributed by atoms with Crippen molar-refractivity contribution in [3.05, 3.63) is 44.7 Å². The maximum atomic E-state index is 13.7. The summed E-state index contributed by atoms with van der Waals surface area (Å²) in [6.07, 6.45) is 1.69. The van der Waals surface area contributed by atoms with Crippen molar-refractivity contribution in [1.82, 2.24) is 4.90 Å². The van der Waals surface area contributed by atoms with Gasteiger partial charge in [-0.15, -0.1) is 0 Å². The predicted octanol–water partition coefficient (Wildman–Crippen LogP) is 4.29. The number of carbonyl (C=O) groups excluding carboxylic acids is 3. The van der Waals surface area contributed by atoms with Gasteiger partial charge in [-0.05, 0) is 64.2 Å². The average Bonchev–Trinajstić information content (AvgIpc) is 2.74. The molecule has 0 bridgehead atoms. The zero-order chi connectivity index (χ0) is 26.6. The van der Waals surface area contributed by atoms with Gasteiger partial charge in [0.1, 0.15) is 0 Å². The number of carboxylic acid groups (broad SMARTS) is 1. The number of benzene rings is 1. The summed E-state index contributed by atoms with van der Waals surface area (Å²) in [5.41, 5.74) is 2.41. The molecule has 0 amide bonds. The largest absolute Gasteiger partial charge is 0.548 e. The van der Waals surface area contributed by atoms with Gasteiger partial charge in [0.25, 0.3) is 0 Å². The molecule has 1 aromatic carbocycles. The molecule has 0 atom stereocenters. The first kappa shape index (κ1) is 26.5. The summed E-state index contributed by atoms with van der Waals surface area (Å²) >= 11 is 3.59. The number of methoxy groups -OCH3 is 1. The van der Waals surface area contributed by atoms with E-state index in [1.807, 2.05) is 46.8 Å². The van der Waals surface area contributed by atoms with Crippen LogP contribution in [0.2, 0.25) is 0 Å². The lowest BCUT2D eigenvalue weighted by molar-refractivity contribution is -0.305. The second-order valence-corrected chi connectivity index (χ2v) is 12.3. The van der Waals surface area contributed by atoms with Crippen molar-refractivity contribution in [2.75, 3.05) is 20.3 Å². The predicted molar refractivity (Wildman–Crippen MR) is 136 cm³/mol. The van der Waals surface area contributed by atoms with Crippen LogP contribution >= 0.6 is 15.9 Å². The fourth-order valence-electron chi connectivity index (χ4n) is 5.89. The van der Waals surface area contributed by atoms with Gasteiger partial charge in [0.05, 0.1) is 30.7 Å². The standard InChI is InChI=1S/C28H34BrNO6/c1-7-36-26-16(29)8-15(9-21(26)35-6)23-24-17(10-27(2,3)12-19(24)31)30(14-22(33)34)18-11-28(4,5)13-20(32)25(18)23/h8-9,23H,7,10-14H2,1-6H3,(H,33,34)/p-1. The van der Waals surface area contributed by atoms with E-state index in [-0.39, 0.29) is 22.4 Å². The molecule has 2 aliphatic carbocycles. The Morgan fingerprint density at radius 1 is 1.03 bits per heavy atom. The zero-order valence-electron chi connectivity index (χ0n) is 21.7. The number of Topliss-reactive ketones (excluding diaryl/α,β-unsaturated/α-hetero) is 2. The summed E-state index contributed by atoms with van der Waals surface area (Å²) in [7, 11) is 1.55. The second kappa shape index (κ2) is 9.36. The SMILES string of the molecule is CCOc1c(Br)cc(C2C3=C(CC(C)(C)CC3=O)N(CC(=O)[O-])C3=C2C(=O)CC(C)(C)C3)cc1OC. The lowest BCUT2D eigenvalue weighted by Crippen LogP contribution is -2.47. The highest BCUT2D eigenvalue weighted by atomic mass is 79.9. The minimum absolute atomic E-state index is 0.0669. The first-order chi connectivity index (χ1) is 16.8. The number of halogens is 1. The van der Waals surface area contributed by atoms with Gasteiger partial charge in [-0.2, -0.15) is 0 Å². The third kappa shape index (κ3) is 4.72. The topological polar surface area (TPSA) is 96.0 Å². The van der Waals surface area contributed by atoms with Crippen molar-refractivity contribution in [2.45, 2.75) is 66.2 Å². The van der Waals surface area contributed by atoms with E-state index in [1.165, 1.54) is 0 Å². The molecule has 0 unspecified atom stereocenters. The van der Waals surface area contributed by atoms with Crippen molar-refractivity contribution in [3.8, 4) is 11.5 Å². The molecule has 0 fully saturated rings. The number of ether oxygens (including phenoxy) is 2. The highest BCUT2D eigenvalue weighted by molar-refractivity contribution is 9.10. The molecule has 0 saturated carbocycles. The number of aliphatic carboxylic acids is 1. The van der Waals surface area contributed by atoms with Crippen molar-refractivity contribution < 1.29 is 29.0 Å². The number of nitrogens with zero attached hydrogens (tertiary/aromatic N) is 1. The van der Waals surface area contributed by atoms with Crippen LogP contribution in [0.1, 0.15) is 71.8 Å². The smallest absolute Gasteiger partial charge is 0.175 e. The van der Waals surface area contributed by atoms with Crippen LogP contribution in [-0.2, 0) is 14.4 Å². The zero-order valence-corrected chi connectivity index (χ0v) is 23.3. The van der Waals surface area contributed by atoms with E-state index in [2.05, 4.69) is 15.9 Å². The Morgan fingerprint density at radius 3 is 2.00 bits per heavy atom. The summed E-state index contributed by atoms with van der Waals surface area (Å²) in [6.45, 7) is 9.98. The molecule has 1 aliphatic heterocycles. The highest BCUT2D eigenvalue weighted by Crippen LogP contribution is 2.55. The number of allylic oxidation sites excluding steroid dienone is 4. The molecule has 0 radical (unpaired) electrons. The number of ketones is 2. The van der Waals surface area contributed by atoms with Gasteiger partial charge in [-0.3, -0.25) is 9.59 Å². The van der Waals surface area contributed by atoms with Gasteiger partial charge in [0.15, 0.2) is 23.1 Å². The lowest BCUT2D eigenvalue weighted by Gasteiger charge is -2.49. The Kier molecular flexibility index (Phi) is 6.88. The number of hydrogen-bond donors (Lipinski definition) is 0. The molecular formula is C28H33BrNO6-. The Hall–Kier alpha value is -2.61. The summed E-state index contributed by atoms with van der Waals surface area (Å²) in [5.74, 6) is -0.945. The first-order valence-electron chi connectivity index (χ1n) is 12.3. The van der Waals surface area contributed by atoms with Crippen LogP contribution < -0.4 is 14.6 Å². The number of carboxylic acids is 1. The Labute approximate surface area is 220 Å². The van der Waals surface area contributed by atoms with Crippen LogP contribution in [0.25, 0.3) is 0 Å². The Balaban J connectivity index is 2.03. The number of carbonyl (C=O) groups is 3. The summed E-state index contributed by atoms with van der Waals surface area (Å²) in [4.78, 5) is 41.0. The molecule has 0 spiro atoms. The molecule has 1 heterocycles. The minimum atomic E-state index is -1.25. The maximum absolute atomic E-state index is 13.7. The van der Waals surface area contributed by atoms with Crippen LogP contribution in [0.15, 0.2) is 39.1 Å². The molecule has 0 aromatic heterocycles. The van der Waals surface area contributed by atoms with Crippen molar-refractivity contribution >= 4 is 33.5 Å². The van der Waals surface area contributed by atoms with E-state index in [4.69, 9.17) is 9.47 Å². The minimum Gasteiger partial charge on any atom is -0.548 e. The van der Waals surface area contributed by atoms with Gasteiger partial charge in [-0.1, -0.05) is 27.7 Å². The highest BCUT2D eigenvalue weighted by Gasteiger charge is 2.49. The lowest BCUT2D eigenvalue weighted by atomic mass is 9.63. The van der Waals surface area contributed by atoms with Crippen LogP contribution in [0, 0.1) is 10.8 Å². The van der Waals surface area contributed by atoms with Crippen LogP contribution in [0.5, 0.6) is 11.5 Å². The number of rotatable bonds is 6. The molecule has 194 valence electrons. The first-order valence-corrected chi connectivity index (χ1v) is 13.1. The normalized spacial score (nSPS) is 21.4. The average molecular weight is 559 g/mol. The fraction of sp³-hybridized carbons (Fsp3) is 0.536. The molecule has 4 rings (SSSR count). The van der Waals surface area contributed by atoms with Crippen molar-refractivity contribution in [3.63, 3.8) is 0 Å². The molecule has 7 nitrogen and oxygen atoms in total. The van der Waals surface area contributed by atoms with Gasteiger partial charge in [0, 0.05) is 41.3 Å². The van der Waals surface area contributed by atoms with Gasteiger partial charge in [-0.25, -0.2) is 0 Å². The van der Waals surface area contributed by atoms with E-state index in [9.17, 15) is 19.5 Å². The van der Waals surface area contributed by atoms with Crippen LogP contribution in [0.4, 0.5) is 0 Å². The molecular weight excluding hydrogens is 526 g/mol. The molecule has 3 aliphatic rings. The van der Waals surface area contributed by atoms with Crippen LogP contribution in [-0.4, -0.2) is 42.7 Å². The van der Waals surface area contributed by atoms with Crippen molar-refractivity contribution in [2.24, 2.45) is 10.8 Å². The van der Waals surface area contributed by atoms with E-state index < -0.39 is 18.4 Å². The Bertz CT molecular complexity index is 1150. The van der Waals surface area contributed by atoms with Crippen LogP contribution in [0.3, 0.4) is 0 Å². The van der Waals surface area contributed by atoms with E-state index in [0.717, 1.165) is 5.56 Å². The molecule has 8 heteroatoms. The van der Waals surface area contributed by atoms with E-state index in [1.54, 1.807) is 12.0 Å². The van der Waals surface area contributed by atoms with Gasteiger partial charge in [0.2, 0.25) is 0 Å². The quantitative estimate of drug-likeness (QED) is 0.513. The fourth-order valence-corrected chi connectivity index (χ4v) is 6.47. The van der Waals surface area contributed by atoms with E-state index in [0.29, 0.717) is 70.8 Å². The van der Waals surface area contributed by atoms with Gasteiger partial charge >= 0.3 is 0 Å². The summed E-state index contributed by atoms with van der Waals surface area (Å²) in [5, 5.41) is 11.9. The van der Waals surface area contributed by atoms with Crippen molar-refractivity contribution in [1.29, 1.82) is 0 Å². The van der Waals surface area contributed by atoms with E-state index >= 15 is 0 Å². The monoisotopic (exact) mass is 558 g/mol. The molecule has 1 aromatic rings. The van der Waals surface area contributed by atoms with Gasteiger partial charge < -0.3 is 24.3 Å².